The maximum atomic E-state index is 12.1. The van der Waals surface area contributed by atoms with Gasteiger partial charge in [-0.2, -0.15) is 0 Å². The molecule has 2 N–H and O–H groups in total. The summed E-state index contributed by atoms with van der Waals surface area (Å²) in [7, 11) is 2.96. The van der Waals surface area contributed by atoms with Crippen molar-refractivity contribution < 1.29 is 19.1 Å². The molecule has 1 aromatic rings. The molecule has 2 amide bonds. The van der Waals surface area contributed by atoms with Crippen molar-refractivity contribution in [3.63, 3.8) is 0 Å². The van der Waals surface area contributed by atoms with Gasteiger partial charge in [-0.05, 0) is 24.6 Å². The van der Waals surface area contributed by atoms with Crippen molar-refractivity contribution in [3.05, 3.63) is 35.4 Å². The Bertz CT molecular complexity index is 514. The van der Waals surface area contributed by atoms with Gasteiger partial charge in [0, 0.05) is 31.1 Å². The number of nitrogens with two attached hydrogens (primary N) is 1. The molecule has 0 aliphatic heterocycles. The Kier molecular flexibility index (Phi) is 5.71. The zero-order chi connectivity index (χ0) is 15.1. The summed E-state index contributed by atoms with van der Waals surface area (Å²) in [5.74, 6) is -1.10. The van der Waals surface area contributed by atoms with E-state index in [1.54, 1.807) is 25.2 Å². The third-order valence-corrected chi connectivity index (χ3v) is 2.84. The average Bonchev–Trinajstić information content (AvgIpc) is 2.46. The minimum absolute atomic E-state index is 0.224. The number of hydrogen-bond acceptors (Lipinski definition) is 4. The Hall–Kier alpha value is -2.37. The lowest BCUT2D eigenvalue weighted by atomic mass is 10.1. The second-order valence-electron chi connectivity index (χ2n) is 4.35. The van der Waals surface area contributed by atoms with Crippen LogP contribution in [0.15, 0.2) is 24.3 Å². The molecule has 0 aliphatic rings. The highest BCUT2D eigenvalue weighted by Crippen LogP contribution is 2.08. The van der Waals surface area contributed by atoms with Gasteiger partial charge in [-0.1, -0.05) is 6.07 Å². The molecule has 108 valence electrons. The van der Waals surface area contributed by atoms with E-state index in [1.807, 2.05) is 0 Å². The smallest absolute Gasteiger partial charge is 0.305 e. The molecule has 0 unspecified atom stereocenters. The Morgan fingerprint density at radius 1 is 1.25 bits per heavy atom. The number of primary amides is 1. The predicted molar refractivity (Wildman–Crippen MR) is 73.2 cm³/mol. The van der Waals surface area contributed by atoms with E-state index in [1.165, 1.54) is 18.1 Å². The molecule has 0 bridgehead atoms. The normalized spacial score (nSPS) is 9.90. The monoisotopic (exact) mass is 278 g/mol. The molecule has 0 fully saturated rings. The Morgan fingerprint density at radius 2 is 1.90 bits per heavy atom. The van der Waals surface area contributed by atoms with E-state index in [9.17, 15) is 14.4 Å². The number of ether oxygens (including phenoxy) is 1. The number of nitrogens with zero attached hydrogens (tertiary/aromatic N) is 1. The Balaban J connectivity index is 2.62. The number of amides is 2. The highest BCUT2D eigenvalue weighted by molar-refractivity contribution is 5.98. The van der Waals surface area contributed by atoms with Crippen molar-refractivity contribution in [2.24, 2.45) is 5.73 Å². The lowest BCUT2D eigenvalue weighted by molar-refractivity contribution is -0.140. The van der Waals surface area contributed by atoms with Crippen LogP contribution < -0.4 is 5.73 Å². The van der Waals surface area contributed by atoms with E-state index < -0.39 is 5.91 Å². The Labute approximate surface area is 117 Å². The number of esters is 1. The molecular formula is C14H18N2O4. The van der Waals surface area contributed by atoms with E-state index in [-0.39, 0.29) is 18.3 Å². The van der Waals surface area contributed by atoms with Gasteiger partial charge in [-0.3, -0.25) is 14.4 Å². The predicted octanol–water partition coefficient (Wildman–Crippen LogP) is 0.811. The third-order valence-electron chi connectivity index (χ3n) is 2.84. The highest BCUT2D eigenvalue weighted by atomic mass is 16.5. The van der Waals surface area contributed by atoms with Crippen LogP contribution in [0.3, 0.4) is 0 Å². The molecule has 20 heavy (non-hydrogen) atoms. The molecule has 0 saturated heterocycles. The molecule has 0 spiro atoms. The first-order chi connectivity index (χ1) is 9.45. The number of methoxy groups -OCH3 is 1. The van der Waals surface area contributed by atoms with E-state index in [2.05, 4.69) is 4.74 Å². The Morgan fingerprint density at radius 3 is 2.50 bits per heavy atom. The molecular weight excluding hydrogens is 260 g/mol. The zero-order valence-electron chi connectivity index (χ0n) is 11.6. The first kappa shape index (κ1) is 15.7. The van der Waals surface area contributed by atoms with E-state index in [0.29, 0.717) is 24.1 Å². The summed E-state index contributed by atoms with van der Waals surface area (Å²) in [6.45, 7) is 0.425. The van der Waals surface area contributed by atoms with E-state index in [4.69, 9.17) is 5.73 Å². The van der Waals surface area contributed by atoms with Crippen LogP contribution in [0.2, 0.25) is 0 Å². The molecule has 0 aliphatic carbocycles. The van der Waals surface area contributed by atoms with Crippen molar-refractivity contribution in [1.82, 2.24) is 4.90 Å². The molecule has 0 radical (unpaired) electrons. The van der Waals surface area contributed by atoms with Gasteiger partial charge in [-0.25, -0.2) is 0 Å². The van der Waals surface area contributed by atoms with Gasteiger partial charge in [0.05, 0.1) is 7.11 Å². The van der Waals surface area contributed by atoms with E-state index in [0.717, 1.165) is 0 Å². The van der Waals surface area contributed by atoms with Crippen molar-refractivity contribution in [2.45, 2.75) is 12.8 Å². The van der Waals surface area contributed by atoms with Gasteiger partial charge in [0.25, 0.3) is 5.91 Å². The van der Waals surface area contributed by atoms with Gasteiger partial charge in [0.15, 0.2) is 0 Å². The molecule has 0 saturated carbocycles. The maximum absolute atomic E-state index is 12.1. The van der Waals surface area contributed by atoms with Crippen LogP contribution in [-0.2, 0) is 9.53 Å². The maximum Gasteiger partial charge on any atom is 0.305 e. The summed E-state index contributed by atoms with van der Waals surface area (Å²) in [5, 5.41) is 0. The molecule has 0 heterocycles. The first-order valence-electron chi connectivity index (χ1n) is 6.18. The number of rotatable bonds is 6. The second kappa shape index (κ2) is 7.28. The standard InChI is InChI=1S/C14H18N2O4/c1-16(8-4-7-12(17)20-2)14(19)11-6-3-5-10(9-11)13(15)18/h3,5-6,9H,4,7-8H2,1-2H3,(H2,15,18). The summed E-state index contributed by atoms with van der Waals surface area (Å²) >= 11 is 0. The quantitative estimate of drug-likeness (QED) is 0.780. The minimum atomic E-state index is -0.576. The molecule has 0 atom stereocenters. The molecule has 6 heteroatoms. The van der Waals surface area contributed by atoms with Gasteiger partial charge < -0.3 is 15.4 Å². The molecule has 1 aromatic carbocycles. The van der Waals surface area contributed by atoms with Crippen molar-refractivity contribution in [1.29, 1.82) is 0 Å². The SMILES string of the molecule is COC(=O)CCCN(C)C(=O)c1cccc(C(N)=O)c1. The topological polar surface area (TPSA) is 89.7 Å². The zero-order valence-corrected chi connectivity index (χ0v) is 11.6. The van der Waals surface area contributed by atoms with Gasteiger partial charge in [-0.15, -0.1) is 0 Å². The number of carbonyl (C=O) groups is 3. The van der Waals surface area contributed by atoms with Gasteiger partial charge in [0.2, 0.25) is 5.91 Å². The van der Waals surface area contributed by atoms with Crippen molar-refractivity contribution in [2.75, 3.05) is 20.7 Å². The van der Waals surface area contributed by atoms with Crippen LogP contribution in [0.5, 0.6) is 0 Å². The molecule has 1 rings (SSSR count). The summed E-state index contributed by atoms with van der Waals surface area (Å²) in [4.78, 5) is 35.7. The van der Waals surface area contributed by atoms with Crippen LogP contribution in [0, 0.1) is 0 Å². The van der Waals surface area contributed by atoms with Crippen LogP contribution in [0.25, 0.3) is 0 Å². The first-order valence-corrected chi connectivity index (χ1v) is 6.18. The van der Waals surface area contributed by atoms with Crippen LogP contribution in [-0.4, -0.2) is 43.4 Å². The fourth-order valence-corrected chi connectivity index (χ4v) is 1.69. The van der Waals surface area contributed by atoms with Gasteiger partial charge >= 0.3 is 5.97 Å². The highest BCUT2D eigenvalue weighted by Gasteiger charge is 2.13. The fraction of sp³-hybridized carbons (Fsp3) is 0.357. The second-order valence-corrected chi connectivity index (χ2v) is 4.35. The fourth-order valence-electron chi connectivity index (χ4n) is 1.69. The minimum Gasteiger partial charge on any atom is -0.469 e. The summed E-state index contributed by atoms with van der Waals surface area (Å²) in [6, 6.07) is 6.24. The van der Waals surface area contributed by atoms with Gasteiger partial charge in [0.1, 0.15) is 0 Å². The lowest BCUT2D eigenvalue weighted by Gasteiger charge is -2.17. The average molecular weight is 278 g/mol. The number of hydrogen-bond donors (Lipinski definition) is 1. The van der Waals surface area contributed by atoms with Crippen LogP contribution in [0.1, 0.15) is 33.6 Å². The van der Waals surface area contributed by atoms with E-state index >= 15 is 0 Å². The summed E-state index contributed by atoms with van der Waals surface area (Å²) < 4.78 is 4.53. The van der Waals surface area contributed by atoms with Crippen LogP contribution in [0.4, 0.5) is 0 Å². The third kappa shape index (κ3) is 4.38. The van der Waals surface area contributed by atoms with Crippen molar-refractivity contribution >= 4 is 17.8 Å². The summed E-state index contributed by atoms with van der Waals surface area (Å²) in [5.41, 5.74) is 5.85. The van der Waals surface area contributed by atoms with Crippen molar-refractivity contribution in [3.8, 4) is 0 Å². The largest absolute Gasteiger partial charge is 0.469 e. The van der Waals surface area contributed by atoms with Crippen LogP contribution >= 0.6 is 0 Å². The molecule has 0 aromatic heterocycles. The summed E-state index contributed by atoms with van der Waals surface area (Å²) in [6.07, 6.45) is 0.778. The lowest BCUT2D eigenvalue weighted by Crippen LogP contribution is -2.28. The number of benzene rings is 1. The molecule has 6 nitrogen and oxygen atoms in total. The number of carbonyl (C=O) groups excluding carboxylic acids is 3.